The highest BCUT2D eigenvalue weighted by Crippen LogP contribution is 2.31. The van der Waals surface area contributed by atoms with Crippen molar-refractivity contribution in [1.29, 1.82) is 0 Å². The summed E-state index contributed by atoms with van der Waals surface area (Å²) in [6.07, 6.45) is 4.50. The zero-order valence-electron chi connectivity index (χ0n) is 18.8. The zero-order valence-corrected chi connectivity index (χ0v) is 18.8. The summed E-state index contributed by atoms with van der Waals surface area (Å²) < 4.78 is 7.09. The third-order valence-corrected chi connectivity index (χ3v) is 6.69. The second kappa shape index (κ2) is 8.66. The van der Waals surface area contributed by atoms with E-state index in [0.29, 0.717) is 23.4 Å². The van der Waals surface area contributed by atoms with Gasteiger partial charge in [0, 0.05) is 32.2 Å². The molecule has 9 nitrogen and oxygen atoms in total. The number of fused-ring (bicyclic) bond motifs is 2. The lowest BCUT2D eigenvalue weighted by Gasteiger charge is -2.26. The molecule has 1 N–H and O–H groups in total. The number of morpholine rings is 1. The van der Waals surface area contributed by atoms with Gasteiger partial charge < -0.3 is 9.72 Å². The molecule has 34 heavy (non-hydrogen) atoms. The molecule has 4 aromatic rings. The fourth-order valence-corrected chi connectivity index (χ4v) is 4.53. The van der Waals surface area contributed by atoms with Crippen molar-refractivity contribution in [2.24, 2.45) is 0 Å². The summed E-state index contributed by atoms with van der Waals surface area (Å²) >= 11 is 0. The molecule has 0 bridgehead atoms. The fourth-order valence-electron chi connectivity index (χ4n) is 4.53. The van der Waals surface area contributed by atoms with Crippen LogP contribution in [0, 0.1) is 0 Å². The number of nitrogens with zero attached hydrogens (tertiary/aromatic N) is 5. The number of imidazole rings is 1. The molecule has 2 fully saturated rings. The predicted octanol–water partition coefficient (Wildman–Crippen LogP) is 2.40. The summed E-state index contributed by atoms with van der Waals surface area (Å²) in [5.41, 5.74) is 4.22. The number of amides is 1. The number of H-pyrrole nitrogens is 1. The van der Waals surface area contributed by atoms with Gasteiger partial charge in [-0.3, -0.25) is 24.0 Å². The van der Waals surface area contributed by atoms with E-state index < -0.39 is 0 Å². The normalized spacial score (nSPS) is 16.8. The molecule has 0 radical (unpaired) electrons. The lowest BCUT2D eigenvalue weighted by Crippen LogP contribution is -2.39. The average Bonchev–Trinajstić information content (AvgIpc) is 3.62. The Hall–Kier alpha value is -3.56. The SMILES string of the molecule is O=CN(c1nc2ccc(-c3ccc4ncn(CCN5CCOCC5)c(=O)c4c3)cc2[nH]1)C1CC1. The van der Waals surface area contributed by atoms with Gasteiger partial charge in [0.15, 0.2) is 0 Å². The molecule has 2 aromatic heterocycles. The number of hydrogen-bond acceptors (Lipinski definition) is 6. The molecular formula is C25H26N6O3. The minimum atomic E-state index is -0.0314. The standard InChI is InChI=1S/C25H26N6O3/c32-16-31(19-3-4-19)25-27-22-6-2-18(14-23(22)28-25)17-1-5-21-20(13-17)24(33)30(15-26-21)8-7-29-9-11-34-12-10-29/h1-2,5-6,13-16,19H,3-4,7-12H2,(H,27,28). The first-order valence-electron chi connectivity index (χ1n) is 11.7. The number of rotatable bonds is 7. The molecule has 1 saturated heterocycles. The first-order valence-corrected chi connectivity index (χ1v) is 11.7. The van der Waals surface area contributed by atoms with Crippen molar-refractivity contribution in [3.63, 3.8) is 0 Å². The van der Waals surface area contributed by atoms with Crippen molar-refractivity contribution in [3.05, 3.63) is 53.1 Å². The number of benzene rings is 2. The Morgan fingerprint density at radius 3 is 2.59 bits per heavy atom. The largest absolute Gasteiger partial charge is 0.379 e. The summed E-state index contributed by atoms with van der Waals surface area (Å²) in [6.45, 7) is 4.66. The van der Waals surface area contributed by atoms with Crippen LogP contribution in [0.15, 0.2) is 47.5 Å². The van der Waals surface area contributed by atoms with E-state index in [2.05, 4.69) is 19.9 Å². The number of carbonyl (C=O) groups is 1. The van der Waals surface area contributed by atoms with E-state index in [1.54, 1.807) is 15.8 Å². The van der Waals surface area contributed by atoms with Gasteiger partial charge in [-0.25, -0.2) is 9.97 Å². The lowest BCUT2D eigenvalue weighted by atomic mass is 10.0. The maximum absolute atomic E-state index is 13.2. The Balaban J connectivity index is 1.30. The van der Waals surface area contributed by atoms with Crippen molar-refractivity contribution in [3.8, 4) is 11.1 Å². The van der Waals surface area contributed by atoms with Crippen molar-refractivity contribution in [1.82, 2.24) is 24.4 Å². The molecule has 0 unspecified atom stereocenters. The molecule has 0 atom stereocenters. The van der Waals surface area contributed by atoms with Crippen LogP contribution in [-0.2, 0) is 16.1 Å². The minimum absolute atomic E-state index is 0.0314. The monoisotopic (exact) mass is 458 g/mol. The number of ether oxygens (including phenoxy) is 1. The highest BCUT2D eigenvalue weighted by molar-refractivity contribution is 5.89. The van der Waals surface area contributed by atoms with Crippen LogP contribution in [0.3, 0.4) is 0 Å². The van der Waals surface area contributed by atoms with Gasteiger partial charge in [0.2, 0.25) is 12.4 Å². The second-order valence-electron chi connectivity index (χ2n) is 8.97. The van der Waals surface area contributed by atoms with E-state index in [1.807, 2.05) is 36.4 Å². The van der Waals surface area contributed by atoms with E-state index >= 15 is 0 Å². The summed E-state index contributed by atoms with van der Waals surface area (Å²) in [7, 11) is 0. The van der Waals surface area contributed by atoms with Gasteiger partial charge in [0.25, 0.3) is 5.56 Å². The number of nitrogens with one attached hydrogen (secondary N) is 1. The Morgan fingerprint density at radius 1 is 1.06 bits per heavy atom. The van der Waals surface area contributed by atoms with Crippen molar-refractivity contribution < 1.29 is 9.53 Å². The molecule has 1 saturated carbocycles. The van der Waals surface area contributed by atoms with E-state index in [1.165, 1.54) is 0 Å². The Labute approximate surface area is 196 Å². The first kappa shape index (κ1) is 21.0. The topological polar surface area (TPSA) is 96.3 Å². The minimum Gasteiger partial charge on any atom is -0.379 e. The van der Waals surface area contributed by atoms with Crippen molar-refractivity contribution >= 4 is 34.3 Å². The van der Waals surface area contributed by atoms with E-state index in [9.17, 15) is 9.59 Å². The van der Waals surface area contributed by atoms with Crippen LogP contribution in [0.1, 0.15) is 12.8 Å². The van der Waals surface area contributed by atoms with Crippen LogP contribution < -0.4 is 10.5 Å². The highest BCUT2D eigenvalue weighted by atomic mass is 16.5. The maximum atomic E-state index is 13.2. The molecule has 1 amide bonds. The van der Waals surface area contributed by atoms with Gasteiger partial charge in [-0.1, -0.05) is 12.1 Å². The zero-order chi connectivity index (χ0) is 23.1. The predicted molar refractivity (Wildman–Crippen MR) is 130 cm³/mol. The molecular weight excluding hydrogens is 432 g/mol. The molecule has 2 aromatic carbocycles. The van der Waals surface area contributed by atoms with E-state index in [4.69, 9.17) is 4.74 Å². The third kappa shape index (κ3) is 3.97. The van der Waals surface area contributed by atoms with Crippen LogP contribution in [-0.4, -0.2) is 69.7 Å². The number of aromatic amines is 1. The van der Waals surface area contributed by atoms with Crippen LogP contribution in [0.2, 0.25) is 0 Å². The fraction of sp³-hybridized carbons (Fsp3) is 0.360. The second-order valence-corrected chi connectivity index (χ2v) is 8.97. The Bertz CT molecular complexity index is 1420. The molecule has 3 heterocycles. The summed E-state index contributed by atoms with van der Waals surface area (Å²) in [6, 6.07) is 12.0. The molecule has 9 heteroatoms. The molecule has 1 aliphatic heterocycles. The molecule has 174 valence electrons. The van der Waals surface area contributed by atoms with Gasteiger partial charge in [-0.05, 0) is 48.2 Å². The molecule has 1 aliphatic carbocycles. The van der Waals surface area contributed by atoms with Gasteiger partial charge in [0.05, 0.1) is 41.5 Å². The highest BCUT2D eigenvalue weighted by Gasteiger charge is 2.30. The quantitative estimate of drug-likeness (QED) is 0.427. The molecule has 2 aliphatic rings. The van der Waals surface area contributed by atoms with Gasteiger partial charge in [-0.2, -0.15) is 0 Å². The Kier molecular flexibility index (Phi) is 5.35. The van der Waals surface area contributed by atoms with Crippen molar-refractivity contribution in [2.75, 3.05) is 37.7 Å². The first-order chi connectivity index (χ1) is 16.7. The molecule has 0 spiro atoms. The number of hydrogen-bond donors (Lipinski definition) is 1. The van der Waals surface area contributed by atoms with Gasteiger partial charge in [0.1, 0.15) is 0 Å². The molecule has 6 rings (SSSR count). The smallest absolute Gasteiger partial charge is 0.261 e. The van der Waals surface area contributed by atoms with Crippen LogP contribution in [0.4, 0.5) is 5.95 Å². The van der Waals surface area contributed by atoms with Crippen LogP contribution in [0.25, 0.3) is 33.1 Å². The van der Waals surface area contributed by atoms with Gasteiger partial charge >= 0.3 is 0 Å². The average molecular weight is 459 g/mol. The number of aromatic nitrogens is 4. The van der Waals surface area contributed by atoms with Crippen LogP contribution >= 0.6 is 0 Å². The Morgan fingerprint density at radius 2 is 1.82 bits per heavy atom. The maximum Gasteiger partial charge on any atom is 0.261 e. The van der Waals surface area contributed by atoms with E-state index in [-0.39, 0.29) is 11.6 Å². The van der Waals surface area contributed by atoms with E-state index in [0.717, 1.165) is 74.3 Å². The van der Waals surface area contributed by atoms with Crippen LogP contribution in [0.5, 0.6) is 0 Å². The third-order valence-electron chi connectivity index (χ3n) is 6.69. The summed E-state index contributed by atoms with van der Waals surface area (Å²) in [5.74, 6) is 0.579. The number of carbonyl (C=O) groups excluding carboxylic acids is 1. The van der Waals surface area contributed by atoms with Crippen molar-refractivity contribution in [2.45, 2.75) is 25.4 Å². The number of anilines is 1. The summed E-state index contributed by atoms with van der Waals surface area (Å²) in [5, 5.41) is 0.605. The summed E-state index contributed by atoms with van der Waals surface area (Å²) in [4.78, 5) is 41.0. The van der Waals surface area contributed by atoms with Gasteiger partial charge in [-0.15, -0.1) is 0 Å². The lowest BCUT2D eigenvalue weighted by molar-refractivity contribution is -0.107.